The van der Waals surface area contributed by atoms with Gasteiger partial charge in [0.1, 0.15) is 12.1 Å². The van der Waals surface area contributed by atoms with Crippen molar-refractivity contribution in [2.24, 2.45) is 5.10 Å². The summed E-state index contributed by atoms with van der Waals surface area (Å²) in [6, 6.07) is 9.78. The third-order valence-corrected chi connectivity index (χ3v) is 3.41. The number of benzene rings is 1. The summed E-state index contributed by atoms with van der Waals surface area (Å²) in [6.07, 6.45) is 4.25. The molecule has 0 saturated heterocycles. The first-order valence-corrected chi connectivity index (χ1v) is 7.89. The Bertz CT molecular complexity index is 848. The van der Waals surface area contributed by atoms with E-state index in [4.69, 9.17) is 4.74 Å². The Morgan fingerprint density at radius 3 is 2.83 bits per heavy atom. The minimum atomic E-state index is 0.545. The Labute approximate surface area is 140 Å². The lowest BCUT2D eigenvalue weighted by Crippen LogP contribution is -2.07. The Balaban J connectivity index is 1.89. The van der Waals surface area contributed by atoms with Crippen LogP contribution >= 0.6 is 0 Å². The van der Waals surface area contributed by atoms with Gasteiger partial charge in [0, 0.05) is 11.3 Å². The molecule has 124 valence electrons. The number of rotatable bonds is 6. The molecule has 2 heterocycles. The van der Waals surface area contributed by atoms with Crippen LogP contribution in [0, 0.1) is 13.8 Å². The summed E-state index contributed by atoms with van der Waals surface area (Å²) in [5.41, 5.74) is 2.80. The Hall–Kier alpha value is -2.96. The van der Waals surface area contributed by atoms with Crippen LogP contribution < -0.4 is 4.74 Å². The van der Waals surface area contributed by atoms with E-state index in [-0.39, 0.29) is 0 Å². The smallest absolute Gasteiger partial charge is 0.273 e. The lowest BCUT2D eigenvalue weighted by atomic mass is 10.2. The van der Waals surface area contributed by atoms with Crippen LogP contribution in [0.5, 0.6) is 5.75 Å². The lowest BCUT2D eigenvalue weighted by Gasteiger charge is -2.07. The molecule has 0 radical (unpaired) electrons. The van der Waals surface area contributed by atoms with E-state index in [0.717, 1.165) is 29.1 Å². The topological polar surface area (TPSA) is 70.1 Å². The van der Waals surface area contributed by atoms with Gasteiger partial charge >= 0.3 is 0 Å². The highest BCUT2D eigenvalue weighted by molar-refractivity contribution is 5.83. The van der Waals surface area contributed by atoms with Crippen LogP contribution in [0.25, 0.3) is 5.95 Å². The normalized spacial score (nSPS) is 11.3. The summed E-state index contributed by atoms with van der Waals surface area (Å²) in [5, 5.41) is 16.9. The molecule has 0 N–H and O–H groups in total. The molecule has 0 bridgehead atoms. The number of nitrogens with zero attached hydrogens (tertiary/aromatic N) is 6. The molecule has 0 aliphatic carbocycles. The van der Waals surface area contributed by atoms with Gasteiger partial charge in [-0.15, -0.1) is 10.2 Å². The molecule has 0 atom stereocenters. The van der Waals surface area contributed by atoms with Gasteiger partial charge in [0.15, 0.2) is 0 Å². The van der Waals surface area contributed by atoms with E-state index in [1.165, 1.54) is 0 Å². The van der Waals surface area contributed by atoms with E-state index in [2.05, 4.69) is 27.3 Å². The largest absolute Gasteiger partial charge is 0.493 e. The third kappa shape index (κ3) is 3.34. The van der Waals surface area contributed by atoms with Crippen molar-refractivity contribution in [1.29, 1.82) is 0 Å². The zero-order valence-electron chi connectivity index (χ0n) is 14.0. The molecule has 0 saturated carbocycles. The maximum Gasteiger partial charge on any atom is 0.273 e. The number of para-hydroxylation sites is 1. The summed E-state index contributed by atoms with van der Waals surface area (Å²) in [7, 11) is 0. The summed E-state index contributed by atoms with van der Waals surface area (Å²) in [6.45, 7) is 6.66. The summed E-state index contributed by atoms with van der Waals surface area (Å²) in [5.74, 6) is 1.35. The van der Waals surface area contributed by atoms with Crippen molar-refractivity contribution in [2.45, 2.75) is 27.2 Å². The molecule has 1 aromatic carbocycles. The van der Waals surface area contributed by atoms with Crippen LogP contribution in [0.15, 0.2) is 41.8 Å². The quantitative estimate of drug-likeness (QED) is 0.654. The van der Waals surface area contributed by atoms with Gasteiger partial charge in [-0.05, 0) is 38.5 Å². The van der Waals surface area contributed by atoms with Crippen molar-refractivity contribution < 1.29 is 4.74 Å². The molecule has 7 heteroatoms. The average Bonchev–Trinajstić information content (AvgIpc) is 3.17. The van der Waals surface area contributed by atoms with E-state index in [9.17, 15) is 0 Å². The van der Waals surface area contributed by atoms with E-state index < -0.39 is 0 Å². The van der Waals surface area contributed by atoms with Gasteiger partial charge in [-0.25, -0.2) is 4.68 Å². The zero-order valence-corrected chi connectivity index (χ0v) is 14.0. The Kier molecular flexibility index (Phi) is 4.69. The second-order valence-corrected chi connectivity index (χ2v) is 5.45. The van der Waals surface area contributed by atoms with Gasteiger partial charge in [0.05, 0.1) is 18.5 Å². The second kappa shape index (κ2) is 7.08. The SMILES string of the molecule is CCCOc1ccccc1/C=N/n1cnnc1-n1nc(C)cc1C. The highest BCUT2D eigenvalue weighted by Crippen LogP contribution is 2.16. The van der Waals surface area contributed by atoms with Gasteiger partial charge in [-0.1, -0.05) is 19.1 Å². The highest BCUT2D eigenvalue weighted by Gasteiger charge is 2.10. The molecular weight excluding hydrogens is 304 g/mol. The molecule has 0 unspecified atom stereocenters. The molecule has 0 fully saturated rings. The number of ether oxygens (including phenoxy) is 1. The maximum absolute atomic E-state index is 5.74. The molecule has 7 nitrogen and oxygen atoms in total. The van der Waals surface area contributed by atoms with Crippen molar-refractivity contribution >= 4 is 6.21 Å². The standard InChI is InChI=1S/C17H20N6O/c1-4-9-24-16-8-6-5-7-15(16)11-19-22-12-18-20-17(22)23-14(3)10-13(2)21-23/h5-8,10-12H,4,9H2,1-3H3/b19-11+. The predicted octanol–water partition coefficient (Wildman–Crippen LogP) is 2.75. The van der Waals surface area contributed by atoms with Gasteiger partial charge in [0.25, 0.3) is 5.95 Å². The first-order valence-electron chi connectivity index (χ1n) is 7.89. The molecule has 24 heavy (non-hydrogen) atoms. The monoisotopic (exact) mass is 324 g/mol. The van der Waals surface area contributed by atoms with Crippen LogP contribution in [-0.4, -0.2) is 37.5 Å². The summed E-state index contributed by atoms with van der Waals surface area (Å²) in [4.78, 5) is 0. The van der Waals surface area contributed by atoms with Crippen LogP contribution in [0.2, 0.25) is 0 Å². The van der Waals surface area contributed by atoms with Gasteiger partial charge in [-0.2, -0.15) is 14.9 Å². The average molecular weight is 324 g/mol. The van der Waals surface area contributed by atoms with E-state index in [1.807, 2.05) is 44.2 Å². The fourth-order valence-corrected chi connectivity index (χ4v) is 2.33. The van der Waals surface area contributed by atoms with E-state index >= 15 is 0 Å². The van der Waals surface area contributed by atoms with Crippen molar-refractivity contribution in [3.05, 3.63) is 53.6 Å². The number of aromatic nitrogens is 5. The molecule has 3 aromatic rings. The molecule has 3 rings (SSSR count). The first kappa shape index (κ1) is 15.9. The Morgan fingerprint density at radius 2 is 2.08 bits per heavy atom. The number of aryl methyl sites for hydroxylation is 2. The van der Waals surface area contributed by atoms with Crippen molar-refractivity contribution in [3.8, 4) is 11.7 Å². The van der Waals surface area contributed by atoms with Crippen LogP contribution in [0.3, 0.4) is 0 Å². The fourth-order valence-electron chi connectivity index (χ4n) is 2.33. The van der Waals surface area contributed by atoms with Crippen LogP contribution in [0.1, 0.15) is 30.3 Å². The van der Waals surface area contributed by atoms with E-state index in [0.29, 0.717) is 12.6 Å². The van der Waals surface area contributed by atoms with E-state index in [1.54, 1.807) is 21.9 Å². The number of hydrogen-bond donors (Lipinski definition) is 0. The number of hydrogen-bond acceptors (Lipinski definition) is 5. The van der Waals surface area contributed by atoms with Gasteiger partial charge in [0.2, 0.25) is 0 Å². The molecule has 0 spiro atoms. The Morgan fingerprint density at radius 1 is 1.25 bits per heavy atom. The summed E-state index contributed by atoms with van der Waals surface area (Å²) >= 11 is 0. The maximum atomic E-state index is 5.74. The fraction of sp³-hybridized carbons (Fsp3) is 0.294. The molecule has 0 aliphatic heterocycles. The van der Waals surface area contributed by atoms with Crippen molar-refractivity contribution in [3.63, 3.8) is 0 Å². The van der Waals surface area contributed by atoms with Crippen LogP contribution in [0.4, 0.5) is 0 Å². The lowest BCUT2D eigenvalue weighted by molar-refractivity contribution is 0.317. The van der Waals surface area contributed by atoms with Crippen LogP contribution in [-0.2, 0) is 0 Å². The molecule has 2 aromatic heterocycles. The minimum absolute atomic E-state index is 0.545. The molecule has 0 amide bonds. The predicted molar refractivity (Wildman–Crippen MR) is 91.8 cm³/mol. The second-order valence-electron chi connectivity index (χ2n) is 5.45. The molecular formula is C17H20N6O. The van der Waals surface area contributed by atoms with Crippen molar-refractivity contribution in [1.82, 2.24) is 24.7 Å². The zero-order chi connectivity index (χ0) is 16.9. The molecule has 0 aliphatic rings. The van der Waals surface area contributed by atoms with Gasteiger partial charge in [-0.3, -0.25) is 0 Å². The van der Waals surface area contributed by atoms with Gasteiger partial charge < -0.3 is 4.74 Å². The highest BCUT2D eigenvalue weighted by atomic mass is 16.5. The van der Waals surface area contributed by atoms with Crippen molar-refractivity contribution in [2.75, 3.05) is 6.61 Å². The first-order chi connectivity index (χ1) is 11.7. The minimum Gasteiger partial charge on any atom is -0.493 e. The third-order valence-electron chi connectivity index (χ3n) is 3.41. The summed E-state index contributed by atoms with van der Waals surface area (Å²) < 4.78 is 9.06.